The molecule has 0 bridgehead atoms. The summed E-state index contributed by atoms with van der Waals surface area (Å²) in [5, 5.41) is 9.94. The summed E-state index contributed by atoms with van der Waals surface area (Å²) < 4.78 is 58.6. The number of nitrogens with zero attached hydrogens (tertiary/aromatic N) is 1. The number of hydrogen-bond acceptors (Lipinski definition) is 7. The largest absolute Gasteiger partial charge is 0.487 e. The van der Waals surface area contributed by atoms with Crippen molar-refractivity contribution in [1.29, 1.82) is 0 Å². The highest BCUT2D eigenvalue weighted by atomic mass is 32.2. The van der Waals surface area contributed by atoms with E-state index in [2.05, 4.69) is 4.72 Å². The van der Waals surface area contributed by atoms with Gasteiger partial charge in [0.1, 0.15) is 23.8 Å². The zero-order valence-electron chi connectivity index (χ0n) is 18.9. The molecule has 4 atom stereocenters. The van der Waals surface area contributed by atoms with Crippen LogP contribution < -0.4 is 9.46 Å². The monoisotopic (exact) mass is 506 g/mol. The predicted octanol–water partition coefficient (Wildman–Crippen LogP) is 1.87. The summed E-state index contributed by atoms with van der Waals surface area (Å²) >= 11 is 0. The Morgan fingerprint density at radius 1 is 1.14 bits per heavy atom. The average Bonchev–Trinajstić information content (AvgIpc) is 3.22. The molecule has 9 nitrogen and oxygen atoms in total. The first-order valence-corrected chi connectivity index (χ1v) is 13.0. The molecular formula is C24H27FN2O7S. The fourth-order valence-electron chi connectivity index (χ4n) is 4.92. The predicted molar refractivity (Wildman–Crippen MR) is 123 cm³/mol. The fraction of sp³-hybridized carbons (Fsp3) is 0.458. The third kappa shape index (κ3) is 4.99. The van der Waals surface area contributed by atoms with Crippen LogP contribution in [0.2, 0.25) is 0 Å². The Kier molecular flexibility index (Phi) is 6.67. The Morgan fingerprint density at radius 3 is 2.60 bits per heavy atom. The number of carbonyl (C=O) groups is 1. The number of sulfonamides is 1. The van der Waals surface area contributed by atoms with Crippen molar-refractivity contribution in [1.82, 2.24) is 4.90 Å². The van der Waals surface area contributed by atoms with Gasteiger partial charge < -0.3 is 24.2 Å². The molecule has 2 fully saturated rings. The lowest BCUT2D eigenvalue weighted by Gasteiger charge is -2.38. The summed E-state index contributed by atoms with van der Waals surface area (Å²) in [6, 6.07) is 9.55. The molecule has 3 heterocycles. The maximum Gasteiger partial charge on any atom is 0.261 e. The Morgan fingerprint density at radius 2 is 1.89 bits per heavy atom. The van der Waals surface area contributed by atoms with Gasteiger partial charge in [-0.3, -0.25) is 9.52 Å². The summed E-state index contributed by atoms with van der Waals surface area (Å²) in [6.45, 7) is 1.86. The van der Waals surface area contributed by atoms with Gasteiger partial charge in [-0.05, 0) is 48.9 Å². The van der Waals surface area contributed by atoms with E-state index >= 15 is 0 Å². The van der Waals surface area contributed by atoms with Crippen molar-refractivity contribution in [3.05, 3.63) is 53.8 Å². The third-order valence-electron chi connectivity index (χ3n) is 6.64. The number of rotatable bonds is 6. The van der Waals surface area contributed by atoms with Crippen LogP contribution in [0.5, 0.6) is 5.75 Å². The Balaban J connectivity index is 1.34. The maximum atomic E-state index is 13.2. The number of fused-ring (bicyclic) bond motifs is 3. The van der Waals surface area contributed by atoms with E-state index in [1.807, 2.05) is 0 Å². The van der Waals surface area contributed by atoms with Gasteiger partial charge in [-0.25, -0.2) is 12.8 Å². The number of halogens is 1. The highest BCUT2D eigenvalue weighted by Gasteiger charge is 2.46. The van der Waals surface area contributed by atoms with Crippen LogP contribution in [0.3, 0.4) is 0 Å². The van der Waals surface area contributed by atoms with Crippen LogP contribution in [0.1, 0.15) is 24.3 Å². The van der Waals surface area contributed by atoms with Crippen LogP contribution >= 0.6 is 0 Å². The van der Waals surface area contributed by atoms with Gasteiger partial charge >= 0.3 is 0 Å². The zero-order chi connectivity index (χ0) is 24.6. The fourth-order valence-corrected chi connectivity index (χ4v) is 5.97. The van der Waals surface area contributed by atoms with Gasteiger partial charge in [-0.1, -0.05) is 0 Å². The summed E-state index contributed by atoms with van der Waals surface area (Å²) in [4.78, 5) is 14.5. The molecule has 2 aromatic rings. The number of aliphatic hydroxyl groups is 1. The summed E-state index contributed by atoms with van der Waals surface area (Å²) in [5.74, 6) is -0.127. The van der Waals surface area contributed by atoms with E-state index in [1.54, 1.807) is 23.1 Å². The Bertz CT molecular complexity index is 1180. The lowest BCUT2D eigenvalue weighted by atomic mass is 9.84. The molecule has 11 heteroatoms. The van der Waals surface area contributed by atoms with E-state index < -0.39 is 34.2 Å². The molecule has 0 unspecified atom stereocenters. The van der Waals surface area contributed by atoms with E-state index in [0.717, 1.165) is 17.7 Å². The van der Waals surface area contributed by atoms with Crippen LogP contribution in [0.25, 0.3) is 0 Å². The minimum absolute atomic E-state index is 0.0200. The SMILES string of the molecule is O=C(C[C@@H]1C[C@H]2c3cc(NS(=O)(=O)c4ccc(F)cc4)ccc3O[C@H]2[C@@H](CO)O1)N1CCOCC1. The molecule has 2 N–H and O–H groups in total. The molecule has 35 heavy (non-hydrogen) atoms. The van der Waals surface area contributed by atoms with Gasteiger partial charge in [-0.2, -0.15) is 0 Å². The van der Waals surface area contributed by atoms with Crippen LogP contribution in [0, 0.1) is 5.82 Å². The normalized spacial score (nSPS) is 25.9. The molecule has 0 aliphatic carbocycles. The van der Waals surface area contributed by atoms with Crippen molar-refractivity contribution >= 4 is 21.6 Å². The highest BCUT2D eigenvalue weighted by Crippen LogP contribution is 2.47. The van der Waals surface area contributed by atoms with Crippen LogP contribution in [0.4, 0.5) is 10.1 Å². The zero-order valence-corrected chi connectivity index (χ0v) is 19.7. The summed E-state index contributed by atoms with van der Waals surface area (Å²) in [5.41, 5.74) is 1.13. The van der Waals surface area contributed by atoms with E-state index in [1.165, 1.54) is 12.1 Å². The molecule has 3 aliphatic heterocycles. The molecule has 188 valence electrons. The standard InChI is InChI=1S/C24H27FN2O7S/c25-15-1-4-18(5-2-15)35(30,31)26-16-3-6-21-19(11-16)20-12-17(33-22(14-28)24(20)34-21)13-23(29)27-7-9-32-10-8-27/h1-6,11,17,20,22,24,26,28H,7-10,12-14H2/t17-,20-,22+,24+/m0/s1. The second-order valence-electron chi connectivity index (χ2n) is 8.91. The minimum Gasteiger partial charge on any atom is -0.487 e. The van der Waals surface area contributed by atoms with Gasteiger partial charge in [0.15, 0.2) is 0 Å². The van der Waals surface area contributed by atoms with Gasteiger partial charge in [0.25, 0.3) is 10.0 Å². The number of morpholine rings is 1. The number of carbonyl (C=O) groups excluding carboxylic acids is 1. The lowest BCUT2D eigenvalue weighted by molar-refractivity contribution is -0.151. The quantitative estimate of drug-likeness (QED) is 0.615. The molecule has 3 aliphatic rings. The van der Waals surface area contributed by atoms with Crippen molar-refractivity contribution in [2.45, 2.75) is 42.0 Å². The second-order valence-corrected chi connectivity index (χ2v) is 10.6. The van der Waals surface area contributed by atoms with Crippen molar-refractivity contribution in [3.63, 3.8) is 0 Å². The Hall–Kier alpha value is -2.73. The number of benzene rings is 2. The van der Waals surface area contributed by atoms with Crippen LogP contribution in [-0.4, -0.2) is 75.6 Å². The summed E-state index contributed by atoms with van der Waals surface area (Å²) in [6.07, 6.45) is -0.765. The molecule has 2 aromatic carbocycles. The maximum absolute atomic E-state index is 13.2. The molecule has 0 radical (unpaired) electrons. The van der Waals surface area contributed by atoms with Crippen LogP contribution in [-0.2, 0) is 24.3 Å². The van der Waals surface area contributed by atoms with E-state index in [0.29, 0.717) is 44.2 Å². The molecule has 0 spiro atoms. The number of nitrogens with one attached hydrogen (secondary N) is 1. The van der Waals surface area contributed by atoms with Crippen molar-refractivity contribution in [2.24, 2.45) is 0 Å². The van der Waals surface area contributed by atoms with Crippen molar-refractivity contribution in [2.75, 3.05) is 37.6 Å². The molecule has 2 saturated heterocycles. The first-order chi connectivity index (χ1) is 16.8. The van der Waals surface area contributed by atoms with Gasteiger partial charge in [0.2, 0.25) is 5.91 Å². The first kappa shape index (κ1) is 24.0. The van der Waals surface area contributed by atoms with Crippen LogP contribution in [0.15, 0.2) is 47.4 Å². The number of aliphatic hydroxyl groups excluding tert-OH is 1. The number of amides is 1. The van der Waals surface area contributed by atoms with E-state index in [9.17, 15) is 22.7 Å². The highest BCUT2D eigenvalue weighted by molar-refractivity contribution is 7.92. The summed E-state index contributed by atoms with van der Waals surface area (Å²) in [7, 11) is -3.91. The second kappa shape index (κ2) is 9.73. The van der Waals surface area contributed by atoms with Crippen molar-refractivity contribution in [3.8, 4) is 5.75 Å². The molecule has 1 amide bonds. The number of hydrogen-bond donors (Lipinski definition) is 2. The van der Waals surface area contributed by atoms with Gasteiger partial charge in [-0.15, -0.1) is 0 Å². The molecule has 0 saturated carbocycles. The first-order valence-electron chi connectivity index (χ1n) is 11.5. The smallest absolute Gasteiger partial charge is 0.261 e. The van der Waals surface area contributed by atoms with E-state index in [4.69, 9.17) is 14.2 Å². The number of anilines is 1. The topological polar surface area (TPSA) is 114 Å². The van der Waals surface area contributed by atoms with Gasteiger partial charge in [0.05, 0.1) is 37.2 Å². The molecule has 5 rings (SSSR count). The van der Waals surface area contributed by atoms with Crippen molar-refractivity contribution < 1.29 is 36.9 Å². The third-order valence-corrected chi connectivity index (χ3v) is 8.04. The molecule has 0 aromatic heterocycles. The van der Waals surface area contributed by atoms with E-state index in [-0.39, 0.29) is 29.7 Å². The van der Waals surface area contributed by atoms with Gasteiger partial charge in [0, 0.05) is 30.3 Å². The molecular weight excluding hydrogens is 479 g/mol. The minimum atomic E-state index is -3.91. The average molecular weight is 507 g/mol. The Labute approximate surface area is 202 Å². The lowest BCUT2D eigenvalue weighted by Crippen LogP contribution is -2.48. The number of ether oxygens (including phenoxy) is 3.